The molecule has 0 aromatic heterocycles. The van der Waals surface area contributed by atoms with Crippen molar-refractivity contribution in [1.82, 2.24) is 4.90 Å². The number of carbonyl (C=O) groups excluding carboxylic acids is 2. The lowest BCUT2D eigenvalue weighted by molar-refractivity contribution is -0.134. The lowest BCUT2D eigenvalue weighted by Gasteiger charge is -2.34. The van der Waals surface area contributed by atoms with E-state index in [9.17, 15) is 18.4 Å². The molecule has 0 saturated carbocycles. The predicted molar refractivity (Wildman–Crippen MR) is 145 cm³/mol. The van der Waals surface area contributed by atoms with Crippen LogP contribution in [0.25, 0.3) is 0 Å². The topological polar surface area (TPSA) is 80.3 Å². The standard InChI is InChI=1S/C26H31BrClF2N3O5/c1-16(2)33-22(25(35)32(9-11-36-3)10-12-37-4)15-17-13-18(14-21(27)23(17)33)24(34)31-19-5-7-20(8-6-19)38-26(28,29)30/h5-8,13-14,16,22H,9-12,15H2,1-4H3,(H,31,34). The van der Waals surface area contributed by atoms with E-state index >= 15 is 0 Å². The maximum absolute atomic E-state index is 13.6. The zero-order valence-electron chi connectivity index (χ0n) is 21.6. The Morgan fingerprint density at radius 3 is 2.29 bits per heavy atom. The van der Waals surface area contributed by atoms with E-state index in [1.54, 1.807) is 31.3 Å². The number of nitrogens with one attached hydrogen (secondary N) is 1. The quantitative estimate of drug-likeness (QED) is 0.333. The first-order chi connectivity index (χ1) is 17.9. The van der Waals surface area contributed by atoms with Crippen LogP contribution in [0.2, 0.25) is 0 Å². The number of anilines is 2. The van der Waals surface area contributed by atoms with Gasteiger partial charge in [-0.25, -0.2) is 0 Å². The Morgan fingerprint density at radius 1 is 1.16 bits per heavy atom. The molecular formula is C26H31BrClF2N3O5. The van der Waals surface area contributed by atoms with E-state index in [0.29, 0.717) is 48.4 Å². The van der Waals surface area contributed by atoms with E-state index in [4.69, 9.17) is 21.1 Å². The average molecular weight is 619 g/mol. The second-order valence-corrected chi connectivity index (χ2v) is 10.3. The van der Waals surface area contributed by atoms with Crippen molar-refractivity contribution < 1.29 is 32.6 Å². The number of fused-ring (bicyclic) bond motifs is 1. The summed E-state index contributed by atoms with van der Waals surface area (Å²) in [4.78, 5) is 30.5. The van der Waals surface area contributed by atoms with Gasteiger partial charge in [-0.3, -0.25) is 9.59 Å². The summed E-state index contributed by atoms with van der Waals surface area (Å²) in [6, 6.07) is 8.48. The SMILES string of the molecule is COCCN(CCOC)C(=O)C1Cc2cc(C(=O)Nc3ccc(OC(F)(F)Cl)cc3)cc(Br)c2N1C(C)C. The highest BCUT2D eigenvalue weighted by atomic mass is 79.9. The Balaban J connectivity index is 1.82. The van der Waals surface area contributed by atoms with Crippen molar-refractivity contribution in [3.8, 4) is 5.75 Å². The van der Waals surface area contributed by atoms with Crippen LogP contribution < -0.4 is 15.0 Å². The van der Waals surface area contributed by atoms with Gasteiger partial charge in [-0.1, -0.05) is 0 Å². The minimum absolute atomic E-state index is 0.0222. The Bertz CT molecular complexity index is 1120. The zero-order chi connectivity index (χ0) is 28.0. The van der Waals surface area contributed by atoms with Crippen LogP contribution in [-0.4, -0.2) is 74.9 Å². The molecule has 208 valence electrons. The maximum atomic E-state index is 13.6. The van der Waals surface area contributed by atoms with E-state index in [2.05, 4.69) is 30.9 Å². The van der Waals surface area contributed by atoms with Crippen LogP contribution >= 0.6 is 27.5 Å². The summed E-state index contributed by atoms with van der Waals surface area (Å²) in [6.45, 7) is 5.74. The molecular weight excluding hydrogens is 588 g/mol. The molecule has 0 radical (unpaired) electrons. The number of ether oxygens (including phenoxy) is 3. The third kappa shape index (κ3) is 7.56. The van der Waals surface area contributed by atoms with E-state index in [0.717, 1.165) is 11.3 Å². The highest BCUT2D eigenvalue weighted by molar-refractivity contribution is 9.10. The number of alkyl halides is 3. The largest absolute Gasteiger partial charge is 0.487 e. The van der Waals surface area contributed by atoms with Crippen LogP contribution in [0.4, 0.5) is 20.2 Å². The smallest absolute Gasteiger partial charge is 0.420 e. The second kappa shape index (κ2) is 13.1. The lowest BCUT2D eigenvalue weighted by atomic mass is 10.1. The van der Waals surface area contributed by atoms with Crippen LogP contribution in [0.15, 0.2) is 40.9 Å². The van der Waals surface area contributed by atoms with Gasteiger partial charge in [0.2, 0.25) is 5.91 Å². The van der Waals surface area contributed by atoms with Gasteiger partial charge in [-0.2, -0.15) is 0 Å². The van der Waals surface area contributed by atoms with E-state index in [-0.39, 0.29) is 17.7 Å². The predicted octanol–water partition coefficient (Wildman–Crippen LogP) is 5.13. The van der Waals surface area contributed by atoms with E-state index in [1.807, 2.05) is 13.8 Å². The van der Waals surface area contributed by atoms with Crippen molar-refractivity contribution in [2.24, 2.45) is 0 Å². The number of hydrogen-bond acceptors (Lipinski definition) is 6. The minimum Gasteiger partial charge on any atom is -0.420 e. The van der Waals surface area contributed by atoms with Crippen molar-refractivity contribution in [3.05, 3.63) is 52.0 Å². The van der Waals surface area contributed by atoms with Gasteiger partial charge in [-0.15, -0.1) is 8.78 Å². The summed E-state index contributed by atoms with van der Waals surface area (Å²) >= 11 is 8.40. The molecule has 1 aliphatic heterocycles. The third-order valence-corrected chi connectivity index (χ3v) is 6.72. The highest BCUT2D eigenvalue weighted by Crippen LogP contribution is 2.41. The molecule has 0 fully saturated rings. The number of carbonyl (C=O) groups is 2. The minimum atomic E-state index is -3.82. The summed E-state index contributed by atoms with van der Waals surface area (Å²) in [5.41, 5.74) is -1.31. The number of halogens is 4. The van der Waals surface area contributed by atoms with Crippen molar-refractivity contribution in [2.75, 3.05) is 50.7 Å². The lowest BCUT2D eigenvalue weighted by Crippen LogP contribution is -2.51. The molecule has 1 heterocycles. The number of amides is 2. The highest BCUT2D eigenvalue weighted by Gasteiger charge is 2.39. The molecule has 1 aliphatic rings. The number of nitrogens with zero attached hydrogens (tertiary/aromatic N) is 2. The molecule has 3 rings (SSSR count). The fraction of sp³-hybridized carbons (Fsp3) is 0.462. The Labute approximate surface area is 234 Å². The first-order valence-corrected chi connectivity index (χ1v) is 13.2. The molecule has 8 nitrogen and oxygen atoms in total. The van der Waals surface area contributed by atoms with Crippen molar-refractivity contribution >= 4 is 50.7 Å². The third-order valence-electron chi connectivity index (χ3n) is 6.04. The summed E-state index contributed by atoms with van der Waals surface area (Å²) in [5, 5.41) is 2.75. The van der Waals surface area contributed by atoms with Gasteiger partial charge in [-0.05, 0) is 71.7 Å². The van der Waals surface area contributed by atoms with Crippen molar-refractivity contribution in [3.63, 3.8) is 0 Å². The second-order valence-electron chi connectivity index (χ2n) is 9.02. The monoisotopic (exact) mass is 617 g/mol. The molecule has 1 atom stereocenters. The molecule has 1 N–H and O–H groups in total. The summed E-state index contributed by atoms with van der Waals surface area (Å²) in [6.07, 6.45) is 0.432. The summed E-state index contributed by atoms with van der Waals surface area (Å²) in [5.74, 6) is -0.568. The summed E-state index contributed by atoms with van der Waals surface area (Å²) < 4.78 is 41.0. The molecule has 2 aromatic carbocycles. The van der Waals surface area contributed by atoms with Gasteiger partial charge in [0.1, 0.15) is 11.8 Å². The molecule has 0 saturated heterocycles. The molecule has 38 heavy (non-hydrogen) atoms. The molecule has 1 unspecified atom stereocenters. The van der Waals surface area contributed by atoms with Crippen LogP contribution in [0.5, 0.6) is 5.75 Å². The van der Waals surface area contributed by atoms with Gasteiger partial charge in [0.25, 0.3) is 5.91 Å². The van der Waals surface area contributed by atoms with Crippen molar-refractivity contribution in [2.45, 2.75) is 37.9 Å². The normalized spacial score (nSPS) is 15.0. The van der Waals surface area contributed by atoms with E-state index < -0.39 is 17.5 Å². The van der Waals surface area contributed by atoms with Gasteiger partial charge in [0.05, 0.1) is 18.9 Å². The van der Waals surface area contributed by atoms with Crippen molar-refractivity contribution in [1.29, 1.82) is 0 Å². The van der Waals surface area contributed by atoms with Gasteiger partial charge in [0, 0.05) is 67.1 Å². The van der Waals surface area contributed by atoms with Gasteiger partial charge >= 0.3 is 5.57 Å². The van der Waals surface area contributed by atoms with Crippen LogP contribution in [0.3, 0.4) is 0 Å². The maximum Gasteiger partial charge on any atom is 0.487 e. The Hall–Kier alpha value is -2.47. The van der Waals surface area contributed by atoms with Gasteiger partial charge < -0.3 is 29.3 Å². The molecule has 0 bridgehead atoms. The van der Waals surface area contributed by atoms with Crippen LogP contribution in [0.1, 0.15) is 29.8 Å². The molecule has 2 amide bonds. The Morgan fingerprint density at radius 2 is 1.76 bits per heavy atom. The number of hydrogen-bond donors (Lipinski definition) is 1. The molecule has 12 heteroatoms. The van der Waals surface area contributed by atoms with Gasteiger partial charge in [0.15, 0.2) is 0 Å². The first kappa shape index (κ1) is 30.1. The zero-order valence-corrected chi connectivity index (χ0v) is 23.9. The fourth-order valence-electron chi connectivity index (χ4n) is 4.41. The summed E-state index contributed by atoms with van der Waals surface area (Å²) in [7, 11) is 3.18. The molecule has 0 aliphatic carbocycles. The Kier molecular flexibility index (Phi) is 10.3. The number of rotatable bonds is 12. The molecule has 2 aromatic rings. The molecule has 0 spiro atoms. The number of methoxy groups -OCH3 is 2. The first-order valence-electron chi connectivity index (χ1n) is 12.0. The van der Waals surface area contributed by atoms with Crippen LogP contribution in [-0.2, 0) is 20.7 Å². The van der Waals surface area contributed by atoms with Crippen LogP contribution in [0, 0.1) is 0 Å². The fourth-order valence-corrected chi connectivity index (χ4v) is 5.20. The number of benzene rings is 2. The average Bonchev–Trinajstić information content (AvgIpc) is 3.24. The van der Waals surface area contributed by atoms with E-state index in [1.165, 1.54) is 24.3 Å².